The molecule has 7 nitrogen and oxygen atoms in total. The fraction of sp³-hybridized carbons (Fsp3) is 0.333. The molecule has 0 saturated heterocycles. The molecule has 2 aromatic rings. The number of carbonyl (C=O) groups is 2. The molecule has 1 atom stereocenters. The van der Waals surface area contributed by atoms with Crippen molar-refractivity contribution in [3.8, 4) is 11.5 Å². The molecule has 1 aliphatic heterocycles. The molecular weight excluding hydrogens is 358 g/mol. The molecule has 7 heteroatoms. The van der Waals surface area contributed by atoms with Crippen LogP contribution in [0.15, 0.2) is 54.6 Å². The molecule has 3 amide bonds. The Labute approximate surface area is 164 Å². The molecule has 0 radical (unpaired) electrons. The third kappa shape index (κ3) is 5.64. The molecule has 1 unspecified atom stereocenters. The first-order valence-electron chi connectivity index (χ1n) is 9.30. The van der Waals surface area contributed by atoms with Crippen molar-refractivity contribution in [3.05, 3.63) is 60.2 Å². The van der Waals surface area contributed by atoms with Gasteiger partial charge in [-0.3, -0.25) is 4.79 Å². The minimum absolute atomic E-state index is 0.0641. The Morgan fingerprint density at radius 1 is 1.04 bits per heavy atom. The van der Waals surface area contributed by atoms with E-state index in [1.165, 1.54) is 0 Å². The second-order valence-electron chi connectivity index (χ2n) is 6.62. The second kappa shape index (κ2) is 9.64. The van der Waals surface area contributed by atoms with Crippen LogP contribution in [0.25, 0.3) is 0 Å². The van der Waals surface area contributed by atoms with Crippen molar-refractivity contribution in [1.29, 1.82) is 0 Å². The molecule has 0 spiro atoms. The van der Waals surface area contributed by atoms with Crippen LogP contribution >= 0.6 is 0 Å². The number of nitrogens with one attached hydrogen (secondary N) is 2. The van der Waals surface area contributed by atoms with E-state index in [0.717, 1.165) is 11.3 Å². The van der Waals surface area contributed by atoms with Crippen molar-refractivity contribution < 1.29 is 19.1 Å². The summed E-state index contributed by atoms with van der Waals surface area (Å²) in [6.45, 7) is 1.54. The fourth-order valence-corrected chi connectivity index (χ4v) is 2.87. The van der Waals surface area contributed by atoms with Crippen LogP contribution in [0.1, 0.15) is 12.0 Å². The van der Waals surface area contributed by atoms with E-state index in [2.05, 4.69) is 10.6 Å². The average Bonchev–Trinajstić information content (AvgIpc) is 2.73. The zero-order valence-corrected chi connectivity index (χ0v) is 15.9. The van der Waals surface area contributed by atoms with Crippen molar-refractivity contribution in [1.82, 2.24) is 15.5 Å². The van der Waals surface area contributed by atoms with Crippen LogP contribution in [0.5, 0.6) is 11.5 Å². The summed E-state index contributed by atoms with van der Waals surface area (Å²) < 4.78 is 11.5. The predicted molar refractivity (Wildman–Crippen MR) is 105 cm³/mol. The summed E-state index contributed by atoms with van der Waals surface area (Å²) in [5.74, 6) is 1.35. The van der Waals surface area contributed by atoms with Crippen LogP contribution in [0.2, 0.25) is 0 Å². The van der Waals surface area contributed by atoms with Gasteiger partial charge < -0.3 is 25.0 Å². The van der Waals surface area contributed by atoms with Gasteiger partial charge in [0.1, 0.15) is 6.61 Å². The van der Waals surface area contributed by atoms with Gasteiger partial charge in [0.05, 0.1) is 6.54 Å². The Bertz CT molecular complexity index is 797. The number of fused-ring (bicyclic) bond motifs is 1. The fourth-order valence-electron chi connectivity index (χ4n) is 2.87. The minimum atomic E-state index is -0.292. The van der Waals surface area contributed by atoms with Gasteiger partial charge in [0.2, 0.25) is 5.91 Å². The van der Waals surface area contributed by atoms with E-state index < -0.39 is 0 Å². The minimum Gasteiger partial charge on any atom is -0.486 e. The van der Waals surface area contributed by atoms with Gasteiger partial charge in [-0.15, -0.1) is 0 Å². The lowest BCUT2D eigenvalue weighted by atomic mass is 10.2. The number of rotatable bonds is 7. The van der Waals surface area contributed by atoms with Crippen molar-refractivity contribution in [3.63, 3.8) is 0 Å². The summed E-state index contributed by atoms with van der Waals surface area (Å²) in [4.78, 5) is 25.7. The van der Waals surface area contributed by atoms with Crippen molar-refractivity contribution in [2.24, 2.45) is 0 Å². The number of amides is 3. The average molecular weight is 383 g/mol. The quantitative estimate of drug-likeness (QED) is 0.768. The molecule has 0 saturated carbocycles. The molecule has 0 bridgehead atoms. The predicted octanol–water partition coefficient (Wildman–Crippen LogP) is 2.17. The molecule has 3 rings (SSSR count). The SMILES string of the molecule is CN(CC1COc2ccccc2O1)C(=O)CCNC(=O)NCc1ccccc1. The van der Waals surface area contributed by atoms with Crippen molar-refractivity contribution in [2.75, 3.05) is 26.7 Å². The van der Waals surface area contributed by atoms with Crippen molar-refractivity contribution >= 4 is 11.9 Å². The Morgan fingerprint density at radius 3 is 2.54 bits per heavy atom. The number of hydrogen-bond donors (Lipinski definition) is 2. The van der Waals surface area contributed by atoms with Crippen LogP contribution in [0.3, 0.4) is 0 Å². The maximum atomic E-state index is 12.3. The Kier molecular flexibility index (Phi) is 6.73. The van der Waals surface area contributed by atoms with Crippen LogP contribution in [-0.2, 0) is 11.3 Å². The molecule has 0 fully saturated rings. The van der Waals surface area contributed by atoms with E-state index in [-0.39, 0.29) is 31.0 Å². The molecule has 28 heavy (non-hydrogen) atoms. The number of nitrogens with zero attached hydrogens (tertiary/aromatic N) is 1. The van der Waals surface area contributed by atoms with Gasteiger partial charge in [0, 0.05) is 26.6 Å². The van der Waals surface area contributed by atoms with Gasteiger partial charge in [0.15, 0.2) is 17.6 Å². The highest BCUT2D eigenvalue weighted by molar-refractivity contribution is 5.78. The zero-order valence-electron chi connectivity index (χ0n) is 15.9. The van der Waals surface area contributed by atoms with Crippen LogP contribution in [0, 0.1) is 0 Å². The van der Waals surface area contributed by atoms with E-state index in [0.29, 0.717) is 25.4 Å². The topological polar surface area (TPSA) is 79.9 Å². The molecule has 1 aliphatic rings. The lowest BCUT2D eigenvalue weighted by Gasteiger charge is -2.29. The van der Waals surface area contributed by atoms with E-state index >= 15 is 0 Å². The second-order valence-corrected chi connectivity index (χ2v) is 6.62. The lowest BCUT2D eigenvalue weighted by molar-refractivity contribution is -0.131. The lowest BCUT2D eigenvalue weighted by Crippen LogP contribution is -2.43. The smallest absolute Gasteiger partial charge is 0.315 e. The molecule has 0 aliphatic carbocycles. The van der Waals surface area contributed by atoms with Gasteiger partial charge in [0.25, 0.3) is 0 Å². The van der Waals surface area contributed by atoms with E-state index in [9.17, 15) is 9.59 Å². The number of benzene rings is 2. The summed E-state index contributed by atoms with van der Waals surface area (Å²) >= 11 is 0. The monoisotopic (exact) mass is 383 g/mol. The molecule has 2 N–H and O–H groups in total. The van der Waals surface area contributed by atoms with Crippen LogP contribution < -0.4 is 20.1 Å². The zero-order chi connectivity index (χ0) is 19.8. The highest BCUT2D eigenvalue weighted by Gasteiger charge is 2.23. The number of urea groups is 1. The molecule has 1 heterocycles. The third-order valence-corrected chi connectivity index (χ3v) is 4.39. The van der Waals surface area contributed by atoms with Gasteiger partial charge in [-0.1, -0.05) is 42.5 Å². The largest absolute Gasteiger partial charge is 0.486 e. The summed E-state index contributed by atoms with van der Waals surface area (Å²) in [5.41, 5.74) is 1.02. The first-order chi connectivity index (χ1) is 13.6. The van der Waals surface area contributed by atoms with E-state index in [1.54, 1.807) is 11.9 Å². The van der Waals surface area contributed by atoms with E-state index in [1.807, 2.05) is 54.6 Å². The Hall–Kier alpha value is -3.22. The number of ether oxygens (including phenoxy) is 2. The normalized spacial score (nSPS) is 14.8. The van der Waals surface area contributed by atoms with Crippen LogP contribution in [0.4, 0.5) is 4.79 Å². The Balaban J connectivity index is 1.34. The van der Waals surface area contributed by atoms with Gasteiger partial charge in [-0.25, -0.2) is 4.79 Å². The summed E-state index contributed by atoms with van der Waals surface area (Å²) in [6.07, 6.45) is 0.00496. The first kappa shape index (κ1) is 19.5. The van der Waals surface area contributed by atoms with Gasteiger partial charge in [-0.05, 0) is 17.7 Å². The number of para-hydroxylation sites is 2. The first-order valence-corrected chi connectivity index (χ1v) is 9.30. The number of carbonyl (C=O) groups excluding carboxylic acids is 2. The number of likely N-dealkylation sites (N-methyl/N-ethyl adjacent to an activating group) is 1. The molecular formula is C21H25N3O4. The highest BCUT2D eigenvalue weighted by Crippen LogP contribution is 2.30. The summed E-state index contributed by atoms with van der Waals surface area (Å²) in [5, 5.41) is 5.47. The van der Waals surface area contributed by atoms with Gasteiger partial charge >= 0.3 is 6.03 Å². The standard InChI is InChI=1S/C21H25N3O4/c1-24(14-17-15-27-18-9-5-6-10-19(18)28-17)20(25)11-12-22-21(26)23-13-16-7-3-2-4-8-16/h2-10,17H,11-15H2,1H3,(H2,22,23,26). The van der Waals surface area contributed by atoms with Crippen molar-refractivity contribution in [2.45, 2.75) is 19.1 Å². The summed E-state index contributed by atoms with van der Waals surface area (Å²) in [7, 11) is 1.72. The van der Waals surface area contributed by atoms with Crippen LogP contribution in [-0.4, -0.2) is 49.7 Å². The molecule has 2 aromatic carbocycles. The van der Waals surface area contributed by atoms with Gasteiger partial charge in [-0.2, -0.15) is 0 Å². The molecule has 148 valence electrons. The summed E-state index contributed by atoms with van der Waals surface area (Å²) in [6, 6.07) is 16.8. The maximum Gasteiger partial charge on any atom is 0.315 e. The Morgan fingerprint density at radius 2 is 1.75 bits per heavy atom. The maximum absolute atomic E-state index is 12.3. The van der Waals surface area contributed by atoms with E-state index in [4.69, 9.17) is 9.47 Å². The third-order valence-electron chi connectivity index (χ3n) is 4.39. The highest BCUT2D eigenvalue weighted by atomic mass is 16.6. The molecule has 0 aromatic heterocycles. The number of hydrogen-bond acceptors (Lipinski definition) is 4.